The van der Waals surface area contributed by atoms with Crippen LogP contribution >= 0.6 is 0 Å². The molecule has 0 unspecified atom stereocenters. The van der Waals surface area contributed by atoms with E-state index in [1.54, 1.807) is 0 Å². The standard InChI is InChI=1S/C7H3F5N2O3/c8-5(9)4-3(15)1-2(7(10,11)12)6(13-4)14(16)17/h1,5,15H. The van der Waals surface area contributed by atoms with Gasteiger partial charge in [-0.05, 0) is 9.91 Å². The van der Waals surface area contributed by atoms with Gasteiger partial charge in [0.15, 0.2) is 11.3 Å². The largest absolute Gasteiger partial charge is 0.504 e. The molecule has 0 saturated heterocycles. The van der Waals surface area contributed by atoms with Crippen molar-refractivity contribution in [3.05, 3.63) is 27.4 Å². The molecule has 0 bridgehead atoms. The van der Waals surface area contributed by atoms with Gasteiger partial charge in [0.1, 0.15) is 0 Å². The molecule has 0 saturated carbocycles. The van der Waals surface area contributed by atoms with Crippen LogP contribution in [0, 0.1) is 10.1 Å². The summed E-state index contributed by atoms with van der Waals surface area (Å²) in [5, 5.41) is 19.1. The minimum absolute atomic E-state index is 0.146. The molecule has 17 heavy (non-hydrogen) atoms. The maximum absolute atomic E-state index is 12.3. The number of aromatic hydroxyl groups is 1. The second-order valence-electron chi connectivity index (χ2n) is 2.82. The minimum Gasteiger partial charge on any atom is -0.504 e. The van der Waals surface area contributed by atoms with Gasteiger partial charge in [0, 0.05) is 6.07 Å². The van der Waals surface area contributed by atoms with Gasteiger partial charge in [0.2, 0.25) is 0 Å². The topological polar surface area (TPSA) is 76.3 Å². The van der Waals surface area contributed by atoms with Crippen LogP contribution in [0.3, 0.4) is 0 Å². The Morgan fingerprint density at radius 1 is 1.41 bits per heavy atom. The third-order valence-electron chi connectivity index (χ3n) is 1.70. The molecule has 1 N–H and O–H groups in total. The lowest BCUT2D eigenvalue weighted by atomic mass is 10.2. The van der Waals surface area contributed by atoms with Crippen LogP contribution in [0.5, 0.6) is 5.75 Å². The fraction of sp³-hybridized carbons (Fsp3) is 0.286. The van der Waals surface area contributed by atoms with Gasteiger partial charge in [-0.15, -0.1) is 0 Å². The summed E-state index contributed by atoms with van der Waals surface area (Å²) in [6.45, 7) is 0. The van der Waals surface area contributed by atoms with Crippen LogP contribution in [0.25, 0.3) is 0 Å². The molecular formula is C7H3F5N2O3. The van der Waals surface area contributed by atoms with E-state index in [1.807, 2.05) is 0 Å². The summed E-state index contributed by atoms with van der Waals surface area (Å²) < 4.78 is 61.2. The zero-order valence-electron chi connectivity index (χ0n) is 7.70. The van der Waals surface area contributed by atoms with Crippen molar-refractivity contribution in [2.75, 3.05) is 0 Å². The highest BCUT2D eigenvalue weighted by Crippen LogP contribution is 2.39. The number of nitrogens with zero attached hydrogens (tertiary/aromatic N) is 2. The highest BCUT2D eigenvalue weighted by Gasteiger charge is 2.42. The zero-order valence-corrected chi connectivity index (χ0v) is 7.70. The molecule has 0 aliphatic rings. The Labute approximate surface area is 89.7 Å². The summed E-state index contributed by atoms with van der Waals surface area (Å²) in [6.07, 6.45) is -8.59. The summed E-state index contributed by atoms with van der Waals surface area (Å²) in [5.74, 6) is -3.22. The van der Waals surface area contributed by atoms with Crippen LogP contribution in [-0.4, -0.2) is 15.0 Å². The van der Waals surface area contributed by atoms with Crippen LogP contribution < -0.4 is 0 Å². The molecule has 5 nitrogen and oxygen atoms in total. The quantitative estimate of drug-likeness (QED) is 0.502. The summed E-state index contributed by atoms with van der Waals surface area (Å²) in [7, 11) is 0. The molecule has 0 amide bonds. The van der Waals surface area contributed by atoms with Gasteiger partial charge in [0.05, 0.1) is 0 Å². The third-order valence-corrected chi connectivity index (χ3v) is 1.70. The molecule has 0 radical (unpaired) electrons. The Morgan fingerprint density at radius 2 is 1.94 bits per heavy atom. The molecule has 94 valence electrons. The first-order valence-electron chi connectivity index (χ1n) is 3.88. The molecule has 1 heterocycles. The Hall–Kier alpha value is -2.00. The Kier molecular flexibility index (Phi) is 3.16. The number of aromatic nitrogens is 1. The van der Waals surface area contributed by atoms with Crippen molar-refractivity contribution in [2.24, 2.45) is 0 Å². The van der Waals surface area contributed by atoms with Crippen LogP contribution in [-0.2, 0) is 6.18 Å². The van der Waals surface area contributed by atoms with E-state index in [1.165, 1.54) is 0 Å². The Morgan fingerprint density at radius 3 is 2.29 bits per heavy atom. The number of pyridine rings is 1. The van der Waals surface area contributed by atoms with E-state index in [9.17, 15) is 32.1 Å². The van der Waals surface area contributed by atoms with Crippen LogP contribution in [0.4, 0.5) is 27.8 Å². The number of hydrogen-bond acceptors (Lipinski definition) is 4. The average molecular weight is 258 g/mol. The number of rotatable bonds is 2. The van der Waals surface area contributed by atoms with Gasteiger partial charge < -0.3 is 15.2 Å². The van der Waals surface area contributed by atoms with E-state index >= 15 is 0 Å². The number of halogens is 5. The number of alkyl halides is 5. The number of nitro groups is 1. The van der Waals surface area contributed by atoms with E-state index in [0.29, 0.717) is 0 Å². The smallest absolute Gasteiger partial charge is 0.424 e. The van der Waals surface area contributed by atoms with E-state index in [-0.39, 0.29) is 6.07 Å². The van der Waals surface area contributed by atoms with Crippen molar-refractivity contribution in [2.45, 2.75) is 12.6 Å². The molecule has 10 heteroatoms. The molecule has 0 aliphatic carbocycles. The van der Waals surface area contributed by atoms with Gasteiger partial charge >= 0.3 is 18.4 Å². The van der Waals surface area contributed by atoms with Gasteiger partial charge in [-0.1, -0.05) is 0 Å². The first-order chi connectivity index (χ1) is 7.64. The van der Waals surface area contributed by atoms with Crippen LogP contribution in [0.2, 0.25) is 0 Å². The molecule has 1 rings (SSSR count). The van der Waals surface area contributed by atoms with Crippen molar-refractivity contribution in [1.82, 2.24) is 4.98 Å². The fourth-order valence-corrected chi connectivity index (χ4v) is 1.02. The predicted molar refractivity (Wildman–Crippen MR) is 42.5 cm³/mol. The van der Waals surface area contributed by atoms with E-state index in [4.69, 9.17) is 5.11 Å². The second-order valence-corrected chi connectivity index (χ2v) is 2.82. The van der Waals surface area contributed by atoms with Gasteiger partial charge in [-0.3, -0.25) is 0 Å². The molecule has 0 aliphatic heterocycles. The highest BCUT2D eigenvalue weighted by molar-refractivity contribution is 5.43. The van der Waals surface area contributed by atoms with Crippen molar-refractivity contribution in [3.63, 3.8) is 0 Å². The van der Waals surface area contributed by atoms with Gasteiger partial charge in [-0.2, -0.15) is 13.2 Å². The average Bonchev–Trinajstić information content (AvgIpc) is 2.14. The highest BCUT2D eigenvalue weighted by atomic mass is 19.4. The van der Waals surface area contributed by atoms with E-state index in [2.05, 4.69) is 4.98 Å². The summed E-state index contributed by atoms with van der Waals surface area (Å²) in [5.41, 5.74) is -3.35. The predicted octanol–water partition coefficient (Wildman–Crippen LogP) is 2.65. The van der Waals surface area contributed by atoms with Crippen molar-refractivity contribution in [1.29, 1.82) is 0 Å². The molecule has 0 spiro atoms. The first-order valence-corrected chi connectivity index (χ1v) is 3.88. The van der Waals surface area contributed by atoms with Gasteiger partial charge in [-0.25, -0.2) is 8.78 Å². The second kappa shape index (κ2) is 4.11. The monoisotopic (exact) mass is 258 g/mol. The summed E-state index contributed by atoms with van der Waals surface area (Å²) in [4.78, 5) is 11.2. The van der Waals surface area contributed by atoms with E-state index in [0.717, 1.165) is 0 Å². The molecule has 1 aromatic rings. The normalized spacial score (nSPS) is 11.9. The Bertz CT molecular complexity index is 460. The zero-order chi connectivity index (χ0) is 13.4. The maximum Gasteiger partial charge on any atom is 0.424 e. The molecule has 0 atom stereocenters. The maximum atomic E-state index is 12.3. The fourth-order valence-electron chi connectivity index (χ4n) is 1.02. The third kappa shape index (κ3) is 2.57. The lowest BCUT2D eigenvalue weighted by Crippen LogP contribution is -2.11. The summed E-state index contributed by atoms with van der Waals surface area (Å²) >= 11 is 0. The lowest BCUT2D eigenvalue weighted by molar-refractivity contribution is -0.393. The van der Waals surface area contributed by atoms with E-state index < -0.39 is 40.3 Å². The molecule has 0 aromatic carbocycles. The van der Waals surface area contributed by atoms with Crippen LogP contribution in [0.1, 0.15) is 17.7 Å². The summed E-state index contributed by atoms with van der Waals surface area (Å²) in [6, 6.07) is -0.146. The SMILES string of the molecule is O=[N+]([O-])c1nc(C(F)F)c(O)cc1C(F)(F)F. The van der Waals surface area contributed by atoms with Crippen molar-refractivity contribution in [3.8, 4) is 5.75 Å². The number of hydrogen-bond donors (Lipinski definition) is 1. The molecular weight excluding hydrogens is 255 g/mol. The van der Waals surface area contributed by atoms with Gasteiger partial charge in [0.25, 0.3) is 5.69 Å². The van der Waals surface area contributed by atoms with Crippen molar-refractivity contribution < 1.29 is 32.0 Å². The first kappa shape index (κ1) is 13.1. The van der Waals surface area contributed by atoms with Crippen LogP contribution in [0.15, 0.2) is 6.07 Å². The Balaban J connectivity index is 3.53. The minimum atomic E-state index is -5.17. The molecule has 1 aromatic heterocycles. The van der Waals surface area contributed by atoms with Crippen molar-refractivity contribution >= 4 is 5.82 Å². The molecule has 0 fully saturated rings. The lowest BCUT2D eigenvalue weighted by Gasteiger charge is -2.08.